The number of thiazole rings is 1. The lowest BCUT2D eigenvalue weighted by Crippen LogP contribution is -2.29. The molecule has 0 bridgehead atoms. The van der Waals surface area contributed by atoms with E-state index in [1.807, 2.05) is 42.5 Å². The molecule has 0 radical (unpaired) electrons. The van der Waals surface area contributed by atoms with Crippen molar-refractivity contribution in [1.82, 2.24) is 9.29 Å². The fraction of sp³-hybridized carbons (Fsp3) is 0.211. The Morgan fingerprint density at radius 2 is 1.84 bits per heavy atom. The van der Waals surface area contributed by atoms with Crippen LogP contribution in [0.2, 0.25) is 0 Å². The van der Waals surface area contributed by atoms with Crippen molar-refractivity contribution < 1.29 is 8.42 Å². The van der Waals surface area contributed by atoms with Gasteiger partial charge in [-0.1, -0.05) is 30.3 Å². The maximum absolute atomic E-state index is 12.7. The third-order valence-corrected chi connectivity index (χ3v) is 6.76. The van der Waals surface area contributed by atoms with E-state index >= 15 is 0 Å². The van der Waals surface area contributed by atoms with Gasteiger partial charge in [0.05, 0.1) is 16.3 Å². The highest BCUT2D eigenvalue weighted by atomic mass is 32.2. The van der Waals surface area contributed by atoms with Crippen LogP contribution in [-0.2, 0) is 10.0 Å². The highest BCUT2D eigenvalue weighted by molar-refractivity contribution is 7.93. The van der Waals surface area contributed by atoms with Crippen molar-refractivity contribution in [2.24, 2.45) is 0 Å². The van der Waals surface area contributed by atoms with Crippen LogP contribution in [0, 0.1) is 11.2 Å². The summed E-state index contributed by atoms with van der Waals surface area (Å²) in [4.78, 5) is 4.64. The van der Waals surface area contributed by atoms with Crippen molar-refractivity contribution in [2.45, 2.75) is 18.9 Å². The van der Waals surface area contributed by atoms with E-state index in [1.165, 1.54) is 4.31 Å². The first-order chi connectivity index (χ1) is 12.1. The third-order valence-electron chi connectivity index (χ3n) is 4.21. The maximum atomic E-state index is 12.7. The molecule has 1 aliphatic heterocycles. The Hall–Kier alpha value is -2.20. The first-order valence-electron chi connectivity index (χ1n) is 8.08. The molecule has 1 atom stereocenters. The van der Waals surface area contributed by atoms with Crippen molar-refractivity contribution in [1.29, 1.82) is 0 Å². The zero-order valence-corrected chi connectivity index (χ0v) is 15.1. The molecule has 4 nitrogen and oxygen atoms in total. The Morgan fingerprint density at radius 3 is 2.64 bits per heavy atom. The Balaban J connectivity index is 1.65. The third kappa shape index (κ3) is 3.31. The van der Waals surface area contributed by atoms with E-state index < -0.39 is 10.0 Å². The van der Waals surface area contributed by atoms with Crippen molar-refractivity contribution in [2.75, 3.05) is 6.54 Å². The van der Waals surface area contributed by atoms with Crippen molar-refractivity contribution in [3.05, 3.63) is 65.2 Å². The number of rotatable bonds is 2. The number of aromatic nitrogens is 1. The molecule has 1 fully saturated rings. The predicted octanol–water partition coefficient (Wildman–Crippen LogP) is 3.77. The highest BCUT2D eigenvalue weighted by Crippen LogP contribution is 2.37. The van der Waals surface area contributed by atoms with Gasteiger partial charge in [0, 0.05) is 17.4 Å². The molecule has 1 aliphatic rings. The minimum absolute atomic E-state index is 0.215. The first-order valence-corrected chi connectivity index (χ1v) is 10.3. The second-order valence-corrected chi connectivity index (χ2v) is 8.57. The van der Waals surface area contributed by atoms with Gasteiger partial charge in [0.1, 0.15) is 5.01 Å². The zero-order chi connectivity index (χ0) is 17.3. The number of para-hydroxylation sites is 1. The summed E-state index contributed by atoms with van der Waals surface area (Å²) < 4.78 is 28.0. The lowest BCUT2D eigenvalue weighted by Gasteiger charge is -2.19. The van der Waals surface area contributed by atoms with Crippen LogP contribution in [0.3, 0.4) is 0 Å². The number of sulfonamides is 1. The zero-order valence-electron chi connectivity index (χ0n) is 13.4. The van der Waals surface area contributed by atoms with Crippen LogP contribution in [0.15, 0.2) is 54.6 Å². The minimum atomic E-state index is -3.65. The summed E-state index contributed by atoms with van der Waals surface area (Å²) in [6.45, 7) is 0.492. The lowest BCUT2D eigenvalue weighted by atomic mass is 10.2. The smallest absolute Gasteiger partial charge is 0.239 e. The van der Waals surface area contributed by atoms with Crippen LogP contribution in [0.4, 0.5) is 0 Å². The molecule has 1 aromatic heterocycles. The van der Waals surface area contributed by atoms with E-state index in [-0.39, 0.29) is 6.04 Å². The monoisotopic (exact) mass is 368 g/mol. The molecule has 0 amide bonds. The van der Waals surface area contributed by atoms with Crippen molar-refractivity contribution in [3.63, 3.8) is 0 Å². The van der Waals surface area contributed by atoms with Gasteiger partial charge in [-0.2, -0.15) is 12.7 Å². The highest BCUT2D eigenvalue weighted by Gasteiger charge is 2.36. The average Bonchev–Trinajstić information content (AvgIpc) is 3.27. The quantitative estimate of drug-likeness (QED) is 0.647. The van der Waals surface area contributed by atoms with Crippen molar-refractivity contribution in [3.8, 4) is 11.2 Å². The van der Waals surface area contributed by atoms with Gasteiger partial charge < -0.3 is 0 Å². The average molecular weight is 368 g/mol. The molecular formula is C19H16N2O2S2. The SMILES string of the molecule is O=S(=O)(C#Cc1ccccc1)N1CCC[C@@H]1c1nc2ccccc2s1. The Bertz CT molecular complexity index is 1030. The molecule has 1 saturated heterocycles. The van der Waals surface area contributed by atoms with Crippen molar-refractivity contribution >= 4 is 31.6 Å². The topological polar surface area (TPSA) is 50.3 Å². The number of hydrogen-bond donors (Lipinski definition) is 0. The molecule has 4 rings (SSSR count). The van der Waals surface area contributed by atoms with E-state index in [2.05, 4.69) is 16.2 Å². The standard InChI is InChI=1S/C19H16N2O2S2/c22-25(23,14-12-15-7-2-1-3-8-15)21-13-6-10-17(21)19-20-16-9-4-5-11-18(16)24-19/h1-5,7-9,11,17H,6,10,13H2/t17-/m1/s1. The first kappa shape index (κ1) is 16.3. The summed E-state index contributed by atoms with van der Waals surface area (Å²) in [7, 11) is -3.65. The normalized spacial score (nSPS) is 18.2. The van der Waals surface area contributed by atoms with Gasteiger partial charge >= 0.3 is 0 Å². The largest absolute Gasteiger partial charge is 0.283 e. The maximum Gasteiger partial charge on any atom is 0.283 e. The molecule has 6 heteroatoms. The molecule has 0 saturated carbocycles. The Morgan fingerprint density at radius 1 is 1.08 bits per heavy atom. The second kappa shape index (κ2) is 6.60. The van der Waals surface area contributed by atoms with Gasteiger partial charge in [-0.25, -0.2) is 4.98 Å². The van der Waals surface area contributed by atoms with E-state index in [4.69, 9.17) is 0 Å². The fourth-order valence-corrected chi connectivity index (χ4v) is 5.47. The van der Waals surface area contributed by atoms with Gasteiger partial charge in [-0.05, 0) is 43.0 Å². The molecule has 0 N–H and O–H groups in total. The molecular weight excluding hydrogens is 352 g/mol. The second-order valence-electron chi connectivity index (χ2n) is 5.89. The van der Waals surface area contributed by atoms with Crippen LogP contribution >= 0.6 is 11.3 Å². The predicted molar refractivity (Wildman–Crippen MR) is 101 cm³/mol. The van der Waals surface area contributed by atoms with E-state index in [1.54, 1.807) is 23.5 Å². The molecule has 0 unspecified atom stereocenters. The van der Waals surface area contributed by atoms with Gasteiger partial charge in [-0.15, -0.1) is 11.3 Å². The minimum Gasteiger partial charge on any atom is -0.239 e. The molecule has 2 aromatic carbocycles. The van der Waals surface area contributed by atoms with Crippen LogP contribution in [0.25, 0.3) is 10.2 Å². The molecule has 0 spiro atoms. The Kier molecular flexibility index (Phi) is 4.30. The summed E-state index contributed by atoms with van der Waals surface area (Å²) >= 11 is 1.56. The summed E-state index contributed by atoms with van der Waals surface area (Å²) in [5.74, 6) is 2.76. The molecule has 2 heterocycles. The van der Waals surface area contributed by atoms with Gasteiger partial charge in [0.2, 0.25) is 0 Å². The van der Waals surface area contributed by atoms with E-state index in [9.17, 15) is 8.42 Å². The van der Waals surface area contributed by atoms with Gasteiger partial charge in [0.15, 0.2) is 0 Å². The summed E-state index contributed by atoms with van der Waals surface area (Å²) in [6.07, 6.45) is 1.61. The molecule has 25 heavy (non-hydrogen) atoms. The number of benzene rings is 2. The number of fused-ring (bicyclic) bond motifs is 1. The molecule has 0 aliphatic carbocycles. The Labute approximate surface area is 151 Å². The van der Waals surface area contributed by atoms with Crippen LogP contribution in [0.5, 0.6) is 0 Å². The van der Waals surface area contributed by atoms with Crippen LogP contribution < -0.4 is 0 Å². The molecule has 126 valence electrons. The van der Waals surface area contributed by atoms with Gasteiger partial charge in [-0.3, -0.25) is 0 Å². The fourth-order valence-electron chi connectivity index (χ4n) is 3.01. The van der Waals surface area contributed by atoms with Crippen LogP contribution in [0.1, 0.15) is 29.5 Å². The van der Waals surface area contributed by atoms with E-state index in [0.29, 0.717) is 12.1 Å². The lowest BCUT2D eigenvalue weighted by molar-refractivity contribution is 0.403. The van der Waals surface area contributed by atoms with E-state index in [0.717, 1.165) is 28.1 Å². The summed E-state index contributed by atoms with van der Waals surface area (Å²) in [5.41, 5.74) is 1.61. The summed E-state index contributed by atoms with van der Waals surface area (Å²) in [5, 5.41) is 3.33. The van der Waals surface area contributed by atoms with Gasteiger partial charge in [0.25, 0.3) is 10.0 Å². The number of hydrogen-bond acceptors (Lipinski definition) is 4. The molecule has 3 aromatic rings. The van der Waals surface area contributed by atoms with Crippen LogP contribution in [-0.4, -0.2) is 24.3 Å². The number of nitrogens with zero attached hydrogens (tertiary/aromatic N) is 2. The summed E-state index contributed by atoms with van der Waals surface area (Å²) in [6, 6.07) is 16.8.